The molecule has 0 saturated carbocycles. The van der Waals surface area contributed by atoms with Crippen LogP contribution in [-0.4, -0.2) is 45.3 Å². The predicted octanol–water partition coefficient (Wildman–Crippen LogP) is 0.867. The Kier molecular flexibility index (Phi) is 7.13. The van der Waals surface area contributed by atoms with E-state index in [0.717, 1.165) is 0 Å². The molecule has 0 heterocycles. The number of ether oxygens (including phenoxy) is 4. The normalized spacial score (nSPS) is 10.3. The maximum atomic E-state index is 12.5. The number of primary amides is 1. The third-order valence-corrected chi connectivity index (χ3v) is 3.58. The van der Waals surface area contributed by atoms with Gasteiger partial charge in [0.1, 0.15) is 11.5 Å². The minimum Gasteiger partial charge on any atom is -0.497 e. The highest BCUT2D eigenvalue weighted by Gasteiger charge is 2.15. The molecule has 0 aliphatic rings. The second-order valence-electron chi connectivity index (χ2n) is 5.46. The summed E-state index contributed by atoms with van der Waals surface area (Å²) in [7, 11) is 4.34. The van der Waals surface area contributed by atoms with Crippen molar-refractivity contribution in [2.24, 2.45) is 10.8 Å². The van der Waals surface area contributed by atoms with Crippen molar-refractivity contribution in [2.45, 2.75) is 0 Å². The molecule has 2 rings (SSSR count). The van der Waals surface area contributed by atoms with Crippen LogP contribution in [0.3, 0.4) is 0 Å². The van der Waals surface area contributed by atoms with Gasteiger partial charge in [-0.3, -0.25) is 9.59 Å². The van der Waals surface area contributed by atoms with Crippen LogP contribution in [0, 0.1) is 0 Å². The maximum absolute atomic E-state index is 12.5. The van der Waals surface area contributed by atoms with Gasteiger partial charge in [-0.25, -0.2) is 10.2 Å². The summed E-state index contributed by atoms with van der Waals surface area (Å²) >= 11 is 0. The molecule has 0 aromatic heterocycles. The number of hydrazone groups is 1. The van der Waals surface area contributed by atoms with E-state index in [-0.39, 0.29) is 17.1 Å². The van der Waals surface area contributed by atoms with Crippen LogP contribution >= 0.6 is 0 Å². The average Bonchev–Trinajstić information content (AvgIpc) is 2.73. The Labute approximate surface area is 166 Å². The van der Waals surface area contributed by atoms with Crippen molar-refractivity contribution in [3.63, 3.8) is 0 Å². The van der Waals surface area contributed by atoms with Crippen molar-refractivity contribution >= 4 is 24.0 Å². The van der Waals surface area contributed by atoms with Gasteiger partial charge in [0.15, 0.2) is 11.5 Å². The van der Waals surface area contributed by atoms with E-state index in [1.165, 1.54) is 51.8 Å². The number of nitrogens with one attached hydrogen (secondary N) is 1. The molecule has 152 valence electrons. The van der Waals surface area contributed by atoms with Gasteiger partial charge in [0, 0.05) is 6.07 Å². The van der Waals surface area contributed by atoms with E-state index in [0.29, 0.717) is 17.1 Å². The van der Waals surface area contributed by atoms with Crippen LogP contribution in [0.1, 0.15) is 15.9 Å². The van der Waals surface area contributed by atoms with Crippen LogP contribution in [0.25, 0.3) is 0 Å². The Hall–Kier alpha value is -4.08. The van der Waals surface area contributed by atoms with Crippen LogP contribution in [0.15, 0.2) is 41.5 Å². The number of nitrogens with zero attached hydrogens (tertiary/aromatic N) is 1. The Morgan fingerprint density at radius 1 is 0.931 bits per heavy atom. The Morgan fingerprint density at radius 2 is 1.59 bits per heavy atom. The Bertz CT molecular complexity index is 935. The SMILES string of the molecule is COc1cc(OC)cc(C(=O)Oc2ccc(C=NNC(=O)C(N)=O)cc2OC)c1. The van der Waals surface area contributed by atoms with Crippen molar-refractivity contribution in [1.82, 2.24) is 5.43 Å². The molecule has 29 heavy (non-hydrogen) atoms. The summed E-state index contributed by atoms with van der Waals surface area (Å²) in [5.41, 5.74) is 7.50. The number of hydrogen-bond donors (Lipinski definition) is 2. The fourth-order valence-corrected chi connectivity index (χ4v) is 2.15. The summed E-state index contributed by atoms with van der Waals surface area (Å²) in [5.74, 6) is -1.56. The summed E-state index contributed by atoms with van der Waals surface area (Å²) in [6, 6.07) is 9.24. The summed E-state index contributed by atoms with van der Waals surface area (Å²) < 4.78 is 20.9. The first kappa shape index (κ1) is 21.2. The van der Waals surface area contributed by atoms with Crippen LogP contribution in [0.2, 0.25) is 0 Å². The molecule has 0 bridgehead atoms. The van der Waals surface area contributed by atoms with Gasteiger partial charge in [-0.15, -0.1) is 0 Å². The molecule has 10 nitrogen and oxygen atoms in total. The summed E-state index contributed by atoms with van der Waals surface area (Å²) in [4.78, 5) is 34.2. The first-order chi connectivity index (χ1) is 13.9. The van der Waals surface area contributed by atoms with Crippen LogP contribution < -0.4 is 30.1 Å². The van der Waals surface area contributed by atoms with Gasteiger partial charge in [0.05, 0.1) is 33.1 Å². The van der Waals surface area contributed by atoms with Crippen molar-refractivity contribution < 1.29 is 33.3 Å². The molecular formula is C19H19N3O7. The lowest BCUT2D eigenvalue weighted by atomic mass is 10.2. The van der Waals surface area contributed by atoms with Gasteiger partial charge >= 0.3 is 17.8 Å². The average molecular weight is 401 g/mol. The Morgan fingerprint density at radius 3 is 2.14 bits per heavy atom. The van der Waals surface area contributed by atoms with Crippen molar-refractivity contribution in [3.05, 3.63) is 47.5 Å². The molecule has 0 saturated heterocycles. The van der Waals surface area contributed by atoms with Gasteiger partial charge in [-0.1, -0.05) is 0 Å². The lowest BCUT2D eigenvalue weighted by molar-refractivity contribution is -0.137. The molecule has 0 aliphatic heterocycles. The van der Waals surface area contributed by atoms with E-state index >= 15 is 0 Å². The Balaban J connectivity index is 2.18. The molecule has 0 aliphatic carbocycles. The number of benzene rings is 2. The minimum absolute atomic E-state index is 0.164. The zero-order valence-electron chi connectivity index (χ0n) is 15.9. The van der Waals surface area contributed by atoms with E-state index in [1.54, 1.807) is 12.1 Å². The lowest BCUT2D eigenvalue weighted by Crippen LogP contribution is -2.32. The minimum atomic E-state index is -1.16. The lowest BCUT2D eigenvalue weighted by Gasteiger charge is -2.11. The largest absolute Gasteiger partial charge is 0.497 e. The fraction of sp³-hybridized carbons (Fsp3) is 0.158. The number of hydrogen-bond acceptors (Lipinski definition) is 8. The zero-order chi connectivity index (χ0) is 21.4. The number of esters is 1. The topological polar surface area (TPSA) is 139 Å². The molecule has 0 fully saturated rings. The second-order valence-corrected chi connectivity index (χ2v) is 5.46. The third kappa shape index (κ3) is 5.70. The van der Waals surface area contributed by atoms with E-state index in [2.05, 4.69) is 5.10 Å². The van der Waals surface area contributed by atoms with Crippen LogP contribution in [0.4, 0.5) is 0 Å². The summed E-state index contributed by atoms with van der Waals surface area (Å²) in [6.07, 6.45) is 1.27. The highest BCUT2D eigenvalue weighted by atomic mass is 16.6. The van der Waals surface area contributed by atoms with E-state index < -0.39 is 17.8 Å². The highest BCUT2D eigenvalue weighted by molar-refractivity contribution is 6.34. The molecule has 2 amide bonds. The first-order valence-electron chi connectivity index (χ1n) is 8.14. The van der Waals surface area contributed by atoms with Gasteiger partial charge in [-0.05, 0) is 35.9 Å². The number of rotatable bonds is 7. The smallest absolute Gasteiger partial charge is 0.343 e. The van der Waals surface area contributed by atoms with E-state index in [9.17, 15) is 14.4 Å². The molecule has 2 aromatic rings. The maximum Gasteiger partial charge on any atom is 0.343 e. The van der Waals surface area contributed by atoms with Gasteiger partial charge in [0.2, 0.25) is 0 Å². The molecule has 0 atom stereocenters. The second kappa shape index (κ2) is 9.74. The van der Waals surface area contributed by atoms with Gasteiger partial charge in [0.25, 0.3) is 0 Å². The van der Waals surface area contributed by atoms with Crippen LogP contribution in [0.5, 0.6) is 23.0 Å². The quantitative estimate of drug-likeness (QED) is 0.231. The van der Waals surface area contributed by atoms with Gasteiger partial charge in [-0.2, -0.15) is 5.10 Å². The predicted molar refractivity (Wildman–Crippen MR) is 102 cm³/mol. The molecule has 0 spiro atoms. The molecule has 0 unspecified atom stereocenters. The summed E-state index contributed by atoms with van der Waals surface area (Å²) in [6.45, 7) is 0. The molecular weight excluding hydrogens is 382 g/mol. The number of amides is 2. The molecule has 0 radical (unpaired) electrons. The van der Waals surface area contributed by atoms with Crippen molar-refractivity contribution in [1.29, 1.82) is 0 Å². The van der Waals surface area contributed by atoms with Crippen molar-refractivity contribution in [3.8, 4) is 23.0 Å². The number of methoxy groups -OCH3 is 3. The van der Waals surface area contributed by atoms with E-state index in [1.807, 2.05) is 5.43 Å². The zero-order valence-corrected chi connectivity index (χ0v) is 15.9. The fourth-order valence-electron chi connectivity index (χ4n) is 2.15. The summed E-state index contributed by atoms with van der Waals surface area (Å²) in [5, 5.41) is 3.60. The van der Waals surface area contributed by atoms with Crippen LogP contribution in [-0.2, 0) is 9.59 Å². The van der Waals surface area contributed by atoms with E-state index in [4.69, 9.17) is 24.7 Å². The van der Waals surface area contributed by atoms with Crippen molar-refractivity contribution in [2.75, 3.05) is 21.3 Å². The third-order valence-electron chi connectivity index (χ3n) is 3.58. The number of nitrogens with two attached hydrogens (primary N) is 1. The molecule has 10 heteroatoms. The standard InChI is InChI=1S/C19H19N3O7/c1-26-13-7-12(8-14(9-13)27-2)19(25)29-15-5-4-11(6-16(15)28-3)10-21-22-18(24)17(20)23/h4-10H,1-3H3,(H2,20,23)(H,22,24). The number of carbonyl (C=O) groups excluding carboxylic acids is 3. The van der Waals surface area contributed by atoms with Gasteiger partial charge < -0.3 is 24.7 Å². The monoisotopic (exact) mass is 401 g/mol. The first-order valence-corrected chi connectivity index (χ1v) is 8.14. The molecule has 3 N–H and O–H groups in total. The number of carbonyl (C=O) groups is 3. The highest BCUT2D eigenvalue weighted by Crippen LogP contribution is 2.29. The molecule has 2 aromatic carbocycles.